The molecule has 108 valence electrons. The van der Waals surface area contributed by atoms with E-state index in [-0.39, 0.29) is 0 Å². The molecule has 2 rings (SSSR count). The van der Waals surface area contributed by atoms with Crippen molar-refractivity contribution in [1.82, 2.24) is 9.97 Å². The summed E-state index contributed by atoms with van der Waals surface area (Å²) in [5, 5.41) is 1.02. The van der Waals surface area contributed by atoms with Gasteiger partial charge in [0, 0.05) is 24.9 Å². The van der Waals surface area contributed by atoms with E-state index >= 15 is 0 Å². The first kappa shape index (κ1) is 17.2. The van der Waals surface area contributed by atoms with Crippen LogP contribution in [0.25, 0.3) is 0 Å². The number of aromatic nitrogens is 2. The number of rotatable bonds is 4. The van der Waals surface area contributed by atoms with Gasteiger partial charge in [0.05, 0.1) is 6.61 Å². The minimum absolute atomic E-state index is 0.490. The second kappa shape index (κ2) is 9.94. The Labute approximate surface area is 133 Å². The molecule has 0 aromatic carbocycles. The van der Waals surface area contributed by atoms with Gasteiger partial charge in [0.1, 0.15) is 10.3 Å². The van der Waals surface area contributed by atoms with Crippen LogP contribution in [-0.4, -0.2) is 16.6 Å². The molecule has 0 unspecified atom stereocenters. The molecule has 0 fully saturated rings. The van der Waals surface area contributed by atoms with E-state index in [0.717, 1.165) is 17.7 Å². The zero-order valence-electron chi connectivity index (χ0n) is 11.0. The van der Waals surface area contributed by atoms with Crippen molar-refractivity contribution in [1.29, 1.82) is 0 Å². The standard InChI is InChI=1S/C8H10ClNO.C6H5Cl2N/c1-2-11-6-7-3-4-8(9)10-5-7;7-3-5-1-2-6(8)9-4-5/h3-5H,2,6H2,1H3;1-2,4H,3H2. The first-order valence-electron chi connectivity index (χ1n) is 6.00. The Hall–Kier alpha value is -0.870. The summed E-state index contributed by atoms with van der Waals surface area (Å²) in [6.07, 6.45) is 3.38. The lowest BCUT2D eigenvalue weighted by Gasteiger charge is -1.99. The third-order valence-corrected chi connectivity index (χ3v) is 2.96. The summed E-state index contributed by atoms with van der Waals surface area (Å²) >= 11 is 16.6. The van der Waals surface area contributed by atoms with Gasteiger partial charge < -0.3 is 4.74 Å². The van der Waals surface area contributed by atoms with Gasteiger partial charge >= 0.3 is 0 Å². The molecule has 0 saturated heterocycles. The molecule has 6 heteroatoms. The molecule has 0 N–H and O–H groups in total. The molecule has 0 aliphatic carbocycles. The molecule has 2 heterocycles. The van der Waals surface area contributed by atoms with E-state index in [1.807, 2.05) is 19.1 Å². The molecule has 3 nitrogen and oxygen atoms in total. The van der Waals surface area contributed by atoms with E-state index in [1.165, 1.54) is 0 Å². The molecule has 0 aliphatic rings. The van der Waals surface area contributed by atoms with Gasteiger partial charge in [-0.3, -0.25) is 0 Å². The lowest BCUT2D eigenvalue weighted by atomic mass is 10.3. The van der Waals surface area contributed by atoms with Gasteiger partial charge in [0.2, 0.25) is 0 Å². The van der Waals surface area contributed by atoms with E-state index in [4.69, 9.17) is 39.5 Å². The maximum absolute atomic E-state index is 5.59. The number of halogens is 3. The van der Waals surface area contributed by atoms with E-state index in [0.29, 0.717) is 22.8 Å². The van der Waals surface area contributed by atoms with Crippen LogP contribution in [0.3, 0.4) is 0 Å². The van der Waals surface area contributed by atoms with Crippen molar-refractivity contribution in [2.45, 2.75) is 19.4 Å². The number of alkyl halides is 1. The van der Waals surface area contributed by atoms with Crippen molar-refractivity contribution in [2.75, 3.05) is 6.61 Å². The Balaban J connectivity index is 0.000000204. The minimum atomic E-state index is 0.490. The van der Waals surface area contributed by atoms with E-state index in [2.05, 4.69) is 9.97 Å². The Bertz CT molecular complexity index is 489. The van der Waals surface area contributed by atoms with Gasteiger partial charge in [-0.25, -0.2) is 9.97 Å². The average molecular weight is 334 g/mol. The maximum Gasteiger partial charge on any atom is 0.129 e. The molecule has 0 atom stereocenters. The fourth-order valence-electron chi connectivity index (χ4n) is 1.20. The second-order valence-corrected chi connectivity index (χ2v) is 4.79. The zero-order valence-corrected chi connectivity index (χ0v) is 13.3. The summed E-state index contributed by atoms with van der Waals surface area (Å²) in [5.41, 5.74) is 2.04. The summed E-state index contributed by atoms with van der Waals surface area (Å²) in [7, 11) is 0. The number of pyridine rings is 2. The van der Waals surface area contributed by atoms with Crippen LogP contribution in [-0.2, 0) is 17.2 Å². The Kier molecular flexibility index (Phi) is 8.54. The smallest absolute Gasteiger partial charge is 0.129 e. The number of nitrogens with zero attached hydrogens (tertiary/aromatic N) is 2. The minimum Gasteiger partial charge on any atom is -0.377 e. The first-order valence-corrected chi connectivity index (χ1v) is 7.29. The van der Waals surface area contributed by atoms with Crippen LogP contribution in [0, 0.1) is 0 Å². The van der Waals surface area contributed by atoms with Crippen LogP contribution in [0.2, 0.25) is 10.3 Å². The summed E-state index contributed by atoms with van der Waals surface area (Å²) in [5.74, 6) is 0.490. The highest BCUT2D eigenvalue weighted by Crippen LogP contribution is 2.06. The Morgan fingerprint density at radius 3 is 1.90 bits per heavy atom. The molecular weight excluding hydrogens is 319 g/mol. The highest BCUT2D eigenvalue weighted by Gasteiger charge is 1.92. The quantitative estimate of drug-likeness (QED) is 0.598. The highest BCUT2D eigenvalue weighted by molar-refractivity contribution is 6.29. The molecular formula is C14H15Cl3N2O. The highest BCUT2D eigenvalue weighted by atomic mass is 35.5. The largest absolute Gasteiger partial charge is 0.377 e. The third-order valence-electron chi connectivity index (χ3n) is 2.20. The fourth-order valence-corrected chi connectivity index (χ4v) is 1.58. The molecule has 0 saturated carbocycles. The lowest BCUT2D eigenvalue weighted by molar-refractivity contribution is 0.134. The maximum atomic E-state index is 5.59. The molecule has 0 bridgehead atoms. The predicted octanol–water partition coefficient (Wildman–Crippen LogP) is 4.75. The van der Waals surface area contributed by atoms with Gasteiger partial charge in [-0.2, -0.15) is 0 Å². The number of hydrogen-bond donors (Lipinski definition) is 0. The van der Waals surface area contributed by atoms with Gasteiger partial charge in [-0.1, -0.05) is 35.3 Å². The van der Waals surface area contributed by atoms with Crippen LogP contribution < -0.4 is 0 Å². The lowest BCUT2D eigenvalue weighted by Crippen LogP contribution is -1.91. The van der Waals surface area contributed by atoms with Gasteiger partial charge in [0.25, 0.3) is 0 Å². The van der Waals surface area contributed by atoms with Crippen molar-refractivity contribution >= 4 is 34.8 Å². The molecule has 20 heavy (non-hydrogen) atoms. The third kappa shape index (κ3) is 7.06. The monoisotopic (exact) mass is 332 g/mol. The normalized spacial score (nSPS) is 9.80. The fraction of sp³-hybridized carbons (Fsp3) is 0.286. The van der Waals surface area contributed by atoms with Crippen molar-refractivity contribution in [3.05, 3.63) is 58.1 Å². The van der Waals surface area contributed by atoms with E-state index in [9.17, 15) is 0 Å². The molecule has 0 radical (unpaired) electrons. The van der Waals surface area contributed by atoms with Crippen LogP contribution >= 0.6 is 34.8 Å². The zero-order chi connectivity index (χ0) is 14.8. The molecule has 0 spiro atoms. The topological polar surface area (TPSA) is 35.0 Å². The van der Waals surface area contributed by atoms with Crippen molar-refractivity contribution in [3.8, 4) is 0 Å². The van der Waals surface area contributed by atoms with Crippen molar-refractivity contribution < 1.29 is 4.74 Å². The second-order valence-electron chi connectivity index (χ2n) is 3.75. The summed E-state index contributed by atoms with van der Waals surface area (Å²) in [6.45, 7) is 3.30. The van der Waals surface area contributed by atoms with E-state index in [1.54, 1.807) is 24.5 Å². The first-order chi connectivity index (χ1) is 9.65. The molecule has 0 amide bonds. The van der Waals surface area contributed by atoms with Gasteiger partial charge in [0.15, 0.2) is 0 Å². The van der Waals surface area contributed by atoms with Gasteiger partial charge in [-0.05, 0) is 30.2 Å². The Morgan fingerprint density at radius 2 is 1.50 bits per heavy atom. The predicted molar refractivity (Wildman–Crippen MR) is 83.4 cm³/mol. The SMILES string of the molecule is CCOCc1ccc(Cl)nc1.ClCc1ccc(Cl)nc1. The molecule has 2 aromatic heterocycles. The number of ether oxygens (including phenoxy) is 1. The van der Waals surface area contributed by atoms with Crippen LogP contribution in [0.4, 0.5) is 0 Å². The Morgan fingerprint density at radius 1 is 0.950 bits per heavy atom. The van der Waals surface area contributed by atoms with Gasteiger partial charge in [-0.15, -0.1) is 11.6 Å². The summed E-state index contributed by atoms with van der Waals surface area (Å²) < 4.78 is 5.18. The van der Waals surface area contributed by atoms with Crippen molar-refractivity contribution in [2.24, 2.45) is 0 Å². The average Bonchev–Trinajstić information content (AvgIpc) is 2.48. The van der Waals surface area contributed by atoms with Crippen LogP contribution in [0.15, 0.2) is 36.7 Å². The molecule has 0 aliphatic heterocycles. The summed E-state index contributed by atoms with van der Waals surface area (Å²) in [6, 6.07) is 7.24. The summed E-state index contributed by atoms with van der Waals surface area (Å²) in [4.78, 5) is 7.75. The van der Waals surface area contributed by atoms with Crippen LogP contribution in [0.1, 0.15) is 18.1 Å². The van der Waals surface area contributed by atoms with E-state index < -0.39 is 0 Å². The van der Waals surface area contributed by atoms with Crippen LogP contribution in [0.5, 0.6) is 0 Å². The molecule has 2 aromatic rings. The van der Waals surface area contributed by atoms with Crippen molar-refractivity contribution in [3.63, 3.8) is 0 Å². The number of hydrogen-bond acceptors (Lipinski definition) is 3.